The Balaban J connectivity index is 1.34. The van der Waals surface area contributed by atoms with Crippen LogP contribution in [0.4, 0.5) is 0 Å². The molecule has 0 aliphatic heterocycles. The lowest BCUT2D eigenvalue weighted by atomic mass is 9.95. The molecular weight excluding hydrogens is 567 g/mol. The monoisotopic (exact) mass is 591 g/mol. The molecule has 0 saturated carbocycles. The summed E-state index contributed by atoms with van der Waals surface area (Å²) in [5.41, 5.74) is 5.19. The van der Waals surface area contributed by atoms with Crippen LogP contribution in [-0.4, -0.2) is 15.0 Å². The van der Waals surface area contributed by atoms with Gasteiger partial charge >= 0.3 is 0 Å². The van der Waals surface area contributed by atoms with Gasteiger partial charge in [0.15, 0.2) is 17.5 Å². The number of fused-ring (bicyclic) bond motifs is 7. The van der Waals surface area contributed by atoms with Crippen molar-refractivity contribution in [1.29, 1.82) is 0 Å². The van der Waals surface area contributed by atoms with E-state index in [9.17, 15) is 0 Å². The second-order valence-corrected chi connectivity index (χ2v) is 12.3. The van der Waals surface area contributed by atoms with Crippen molar-refractivity contribution in [3.63, 3.8) is 0 Å². The van der Waals surface area contributed by atoms with Crippen molar-refractivity contribution in [3.05, 3.63) is 152 Å². The van der Waals surface area contributed by atoms with Crippen LogP contribution in [0.25, 0.3) is 87.0 Å². The summed E-state index contributed by atoms with van der Waals surface area (Å²) in [4.78, 5) is 15.4. The van der Waals surface area contributed by atoms with Crippen LogP contribution in [0.1, 0.15) is 0 Å². The van der Waals surface area contributed by atoms with E-state index in [0.717, 1.165) is 33.2 Å². The summed E-state index contributed by atoms with van der Waals surface area (Å²) in [7, 11) is 0. The molecule has 0 unspecified atom stereocenters. The minimum absolute atomic E-state index is 0.654. The van der Waals surface area contributed by atoms with Crippen LogP contribution in [-0.2, 0) is 0 Å². The van der Waals surface area contributed by atoms with Crippen LogP contribution >= 0.6 is 11.3 Å². The summed E-state index contributed by atoms with van der Waals surface area (Å²) in [6.07, 6.45) is 0. The zero-order valence-electron chi connectivity index (χ0n) is 24.2. The normalized spacial score (nSPS) is 11.6. The summed E-state index contributed by atoms with van der Waals surface area (Å²) in [5, 5.41) is 7.37. The SMILES string of the molecule is c1ccc(-c2cccc(-c3nc(-c4ccccc4)nc(-c4cc5ccccc5c5c4ccc4c6ccccc6sc45)n3)c2)cc1. The molecule has 2 aromatic heterocycles. The molecule has 45 heavy (non-hydrogen) atoms. The van der Waals surface area contributed by atoms with Crippen molar-refractivity contribution >= 4 is 53.1 Å². The van der Waals surface area contributed by atoms with Gasteiger partial charge in [0.2, 0.25) is 0 Å². The Kier molecular flexibility index (Phi) is 6.00. The lowest BCUT2D eigenvalue weighted by molar-refractivity contribution is 1.08. The number of rotatable bonds is 4. The number of hydrogen-bond donors (Lipinski definition) is 0. The van der Waals surface area contributed by atoms with Crippen molar-refractivity contribution < 1.29 is 0 Å². The first kappa shape index (κ1) is 25.8. The quantitative estimate of drug-likeness (QED) is 0.191. The maximum atomic E-state index is 5.20. The molecule has 0 spiro atoms. The summed E-state index contributed by atoms with van der Waals surface area (Å²) >= 11 is 1.86. The molecule has 4 heteroatoms. The molecule has 9 rings (SSSR count). The van der Waals surface area contributed by atoms with E-state index < -0.39 is 0 Å². The Morgan fingerprint density at radius 2 is 0.978 bits per heavy atom. The maximum absolute atomic E-state index is 5.20. The molecule has 0 aliphatic rings. The Bertz CT molecular complexity index is 2540. The van der Waals surface area contributed by atoms with E-state index in [1.54, 1.807) is 0 Å². The minimum atomic E-state index is 0.654. The zero-order chi connectivity index (χ0) is 29.7. The third-order valence-electron chi connectivity index (χ3n) is 8.50. The van der Waals surface area contributed by atoms with Gasteiger partial charge in [0.25, 0.3) is 0 Å². The second kappa shape index (κ2) is 10.5. The smallest absolute Gasteiger partial charge is 0.164 e. The van der Waals surface area contributed by atoms with E-state index in [-0.39, 0.29) is 0 Å². The fraction of sp³-hybridized carbons (Fsp3) is 0. The van der Waals surface area contributed by atoms with E-state index in [4.69, 9.17) is 15.0 Å². The van der Waals surface area contributed by atoms with Gasteiger partial charge in [0, 0.05) is 42.2 Å². The van der Waals surface area contributed by atoms with Crippen LogP contribution in [0.3, 0.4) is 0 Å². The summed E-state index contributed by atoms with van der Waals surface area (Å²) in [6, 6.07) is 53.2. The summed E-state index contributed by atoms with van der Waals surface area (Å²) < 4.78 is 2.58. The van der Waals surface area contributed by atoms with Crippen molar-refractivity contribution in [1.82, 2.24) is 15.0 Å². The van der Waals surface area contributed by atoms with E-state index in [1.165, 1.54) is 36.3 Å². The lowest BCUT2D eigenvalue weighted by Gasteiger charge is -2.13. The molecule has 0 fully saturated rings. The first-order valence-corrected chi connectivity index (χ1v) is 15.9. The largest absolute Gasteiger partial charge is 0.208 e. The average molecular weight is 592 g/mol. The highest BCUT2D eigenvalue weighted by atomic mass is 32.1. The standard InChI is InChI=1S/C41H25N3S/c1-3-12-26(13-4-1)28-17-11-18-30(24-28)40-42-39(27-14-5-2-6-15-27)43-41(44-40)35-25-29-16-7-8-19-31(29)37-33(35)22-23-34-32-20-9-10-21-36(32)45-38(34)37/h1-25H. The van der Waals surface area contributed by atoms with Gasteiger partial charge in [-0.15, -0.1) is 11.3 Å². The molecule has 0 saturated heterocycles. The first-order chi connectivity index (χ1) is 22.3. The molecule has 0 aliphatic carbocycles. The molecule has 0 amide bonds. The molecule has 9 aromatic rings. The first-order valence-electron chi connectivity index (χ1n) is 15.0. The van der Waals surface area contributed by atoms with Gasteiger partial charge in [-0.25, -0.2) is 15.0 Å². The van der Waals surface area contributed by atoms with Crippen molar-refractivity contribution in [2.75, 3.05) is 0 Å². The molecule has 2 heterocycles. The lowest BCUT2D eigenvalue weighted by Crippen LogP contribution is -2.01. The minimum Gasteiger partial charge on any atom is -0.208 e. The number of aromatic nitrogens is 3. The Morgan fingerprint density at radius 1 is 0.378 bits per heavy atom. The fourth-order valence-electron chi connectivity index (χ4n) is 6.36. The molecular formula is C41H25N3S. The highest BCUT2D eigenvalue weighted by Crippen LogP contribution is 2.44. The van der Waals surface area contributed by atoms with Crippen LogP contribution in [0.5, 0.6) is 0 Å². The fourth-order valence-corrected chi connectivity index (χ4v) is 7.62. The third-order valence-corrected chi connectivity index (χ3v) is 9.71. The van der Waals surface area contributed by atoms with Crippen LogP contribution in [0.15, 0.2) is 152 Å². The van der Waals surface area contributed by atoms with Crippen LogP contribution in [0.2, 0.25) is 0 Å². The van der Waals surface area contributed by atoms with Gasteiger partial charge in [0.1, 0.15) is 0 Å². The maximum Gasteiger partial charge on any atom is 0.164 e. The van der Waals surface area contributed by atoms with Gasteiger partial charge in [-0.05, 0) is 45.5 Å². The van der Waals surface area contributed by atoms with Gasteiger partial charge in [-0.2, -0.15) is 0 Å². The number of thiophene rings is 1. The molecule has 210 valence electrons. The Labute approximate surface area is 264 Å². The van der Waals surface area contributed by atoms with Gasteiger partial charge in [-0.3, -0.25) is 0 Å². The molecule has 0 atom stereocenters. The molecule has 0 N–H and O–H groups in total. The van der Waals surface area contributed by atoms with E-state index in [2.05, 4.69) is 127 Å². The topological polar surface area (TPSA) is 38.7 Å². The number of nitrogens with zero attached hydrogens (tertiary/aromatic N) is 3. The summed E-state index contributed by atoms with van der Waals surface area (Å²) in [5.74, 6) is 1.98. The average Bonchev–Trinajstić information content (AvgIpc) is 3.51. The summed E-state index contributed by atoms with van der Waals surface area (Å²) in [6.45, 7) is 0. The molecule has 0 radical (unpaired) electrons. The predicted octanol–water partition coefficient (Wildman–Crippen LogP) is 11.2. The Hall–Kier alpha value is -5.71. The second-order valence-electron chi connectivity index (χ2n) is 11.2. The van der Waals surface area contributed by atoms with Gasteiger partial charge < -0.3 is 0 Å². The number of hydrogen-bond acceptors (Lipinski definition) is 4. The van der Waals surface area contributed by atoms with Crippen molar-refractivity contribution in [2.24, 2.45) is 0 Å². The van der Waals surface area contributed by atoms with Crippen LogP contribution < -0.4 is 0 Å². The molecule has 0 bridgehead atoms. The van der Waals surface area contributed by atoms with Crippen molar-refractivity contribution in [3.8, 4) is 45.3 Å². The van der Waals surface area contributed by atoms with Gasteiger partial charge in [-0.1, -0.05) is 133 Å². The Morgan fingerprint density at radius 3 is 1.80 bits per heavy atom. The predicted molar refractivity (Wildman–Crippen MR) is 189 cm³/mol. The number of benzene rings is 7. The van der Waals surface area contributed by atoms with E-state index >= 15 is 0 Å². The molecule has 3 nitrogen and oxygen atoms in total. The van der Waals surface area contributed by atoms with Crippen LogP contribution in [0, 0.1) is 0 Å². The zero-order valence-corrected chi connectivity index (χ0v) is 25.0. The third kappa shape index (κ3) is 4.38. The van der Waals surface area contributed by atoms with Gasteiger partial charge in [0.05, 0.1) is 0 Å². The van der Waals surface area contributed by atoms with E-state index in [0.29, 0.717) is 17.5 Å². The van der Waals surface area contributed by atoms with Crippen molar-refractivity contribution in [2.45, 2.75) is 0 Å². The highest BCUT2D eigenvalue weighted by molar-refractivity contribution is 7.26. The highest BCUT2D eigenvalue weighted by Gasteiger charge is 2.19. The van der Waals surface area contributed by atoms with E-state index in [1.807, 2.05) is 35.6 Å². The molecule has 7 aromatic carbocycles.